The lowest BCUT2D eigenvalue weighted by Gasteiger charge is -2.13. The zero-order valence-electron chi connectivity index (χ0n) is 10.3. The summed E-state index contributed by atoms with van der Waals surface area (Å²) in [6, 6.07) is 7.09. The minimum Gasteiger partial charge on any atom is -0.312 e. The van der Waals surface area contributed by atoms with Crippen LogP contribution in [0.15, 0.2) is 26.5 Å². The third-order valence-corrected chi connectivity index (χ3v) is 7.45. The first-order valence-electron chi connectivity index (χ1n) is 5.83. The molecule has 1 N–H and O–H groups in total. The van der Waals surface area contributed by atoms with Crippen LogP contribution in [-0.2, 0) is 12.8 Å². The van der Waals surface area contributed by atoms with Gasteiger partial charge in [0.15, 0.2) is 0 Å². The van der Waals surface area contributed by atoms with Crippen molar-refractivity contribution in [3.05, 3.63) is 41.1 Å². The molecule has 18 heavy (non-hydrogen) atoms. The maximum absolute atomic E-state index is 3.56. The van der Waals surface area contributed by atoms with Crippen LogP contribution < -0.4 is 5.32 Å². The van der Waals surface area contributed by atoms with E-state index in [0.717, 1.165) is 21.1 Å². The molecule has 0 aliphatic carbocycles. The predicted octanol–water partition coefficient (Wildman–Crippen LogP) is 5.40. The summed E-state index contributed by atoms with van der Waals surface area (Å²) in [7, 11) is 2.03. The van der Waals surface area contributed by atoms with Crippen LogP contribution in [-0.4, -0.2) is 7.05 Å². The summed E-state index contributed by atoms with van der Waals surface area (Å²) in [4.78, 5) is 4.28. The van der Waals surface area contributed by atoms with Gasteiger partial charge in [0.05, 0.1) is 3.79 Å². The van der Waals surface area contributed by atoms with E-state index >= 15 is 0 Å². The van der Waals surface area contributed by atoms with Crippen LogP contribution in [0.1, 0.15) is 27.6 Å². The summed E-state index contributed by atoms with van der Waals surface area (Å²) in [6.07, 6.45) is 2.19. The second-order valence-corrected chi connectivity index (χ2v) is 8.55. The van der Waals surface area contributed by atoms with Gasteiger partial charge in [0.1, 0.15) is 0 Å². The minimum atomic E-state index is 0.390. The molecule has 2 aromatic rings. The highest BCUT2D eigenvalue weighted by atomic mass is 79.9. The second-order valence-electron chi connectivity index (χ2n) is 4.04. The van der Waals surface area contributed by atoms with Crippen LogP contribution in [0.4, 0.5) is 0 Å². The molecule has 2 heterocycles. The normalized spacial score (nSPS) is 12.9. The Morgan fingerprint density at radius 1 is 1.22 bits per heavy atom. The Labute approximate surface area is 133 Å². The van der Waals surface area contributed by atoms with Crippen molar-refractivity contribution in [3.8, 4) is 0 Å². The number of likely N-dealkylation sites (N-methyl/N-ethyl adjacent to an activating group) is 1. The van der Waals surface area contributed by atoms with Crippen molar-refractivity contribution >= 4 is 54.5 Å². The van der Waals surface area contributed by atoms with Gasteiger partial charge in [-0.05, 0) is 63.5 Å². The van der Waals surface area contributed by atoms with E-state index in [9.17, 15) is 0 Å². The number of thiophene rings is 2. The van der Waals surface area contributed by atoms with Gasteiger partial charge in [0.2, 0.25) is 0 Å². The van der Waals surface area contributed by atoms with Crippen LogP contribution >= 0.6 is 54.5 Å². The smallest absolute Gasteiger partial charge is 0.0843 e. The van der Waals surface area contributed by atoms with Gasteiger partial charge in [0, 0.05) is 31.6 Å². The molecule has 0 aliphatic heterocycles. The number of halogens is 2. The molecule has 2 rings (SSSR count). The topological polar surface area (TPSA) is 12.0 Å². The highest BCUT2D eigenvalue weighted by Gasteiger charge is 2.15. The molecule has 1 unspecified atom stereocenters. The average molecular weight is 409 g/mol. The Balaban J connectivity index is 2.14. The molecule has 5 heteroatoms. The average Bonchev–Trinajstić information content (AvgIpc) is 2.94. The van der Waals surface area contributed by atoms with Crippen molar-refractivity contribution in [2.75, 3.05) is 7.05 Å². The lowest BCUT2D eigenvalue weighted by atomic mass is 10.1. The summed E-state index contributed by atoms with van der Waals surface area (Å²) in [6.45, 7) is 2.21. The Hall–Kier alpha value is 0.320. The highest BCUT2D eigenvalue weighted by Crippen LogP contribution is 2.36. The van der Waals surface area contributed by atoms with Gasteiger partial charge in [-0.15, -0.1) is 22.7 Å². The van der Waals surface area contributed by atoms with Crippen molar-refractivity contribution in [1.29, 1.82) is 0 Å². The molecule has 0 radical (unpaired) electrons. The molecule has 1 nitrogen and oxygen atoms in total. The zero-order valence-corrected chi connectivity index (χ0v) is 15.1. The lowest BCUT2D eigenvalue weighted by molar-refractivity contribution is 0.607. The first-order chi connectivity index (χ1) is 8.63. The molecule has 1 atom stereocenters. The van der Waals surface area contributed by atoms with Gasteiger partial charge in [-0.3, -0.25) is 0 Å². The van der Waals surface area contributed by atoms with Crippen molar-refractivity contribution in [3.63, 3.8) is 0 Å². The summed E-state index contributed by atoms with van der Waals surface area (Å²) < 4.78 is 2.31. The van der Waals surface area contributed by atoms with E-state index in [1.165, 1.54) is 14.6 Å². The Morgan fingerprint density at radius 2 is 1.94 bits per heavy atom. The molecule has 0 aliphatic rings. The largest absolute Gasteiger partial charge is 0.312 e. The molecule has 0 spiro atoms. The fourth-order valence-corrected chi connectivity index (χ4v) is 5.01. The SMILES string of the molecule is CCc1ccc(CC(NC)c2cc(Br)c(Br)s2)s1. The summed E-state index contributed by atoms with van der Waals surface area (Å²) in [5.41, 5.74) is 0. The lowest BCUT2D eigenvalue weighted by Crippen LogP contribution is -2.17. The molecule has 0 saturated heterocycles. The van der Waals surface area contributed by atoms with Crippen LogP contribution in [0.25, 0.3) is 0 Å². The predicted molar refractivity (Wildman–Crippen MR) is 88.9 cm³/mol. The Bertz CT molecular complexity index is 499. The third kappa shape index (κ3) is 3.45. The van der Waals surface area contributed by atoms with E-state index in [0.29, 0.717) is 6.04 Å². The second kappa shape index (κ2) is 6.66. The van der Waals surface area contributed by atoms with Crippen LogP contribution in [0.2, 0.25) is 0 Å². The van der Waals surface area contributed by atoms with E-state index < -0.39 is 0 Å². The van der Waals surface area contributed by atoms with Gasteiger partial charge < -0.3 is 5.32 Å². The molecule has 0 amide bonds. The number of hydrogen-bond donors (Lipinski definition) is 1. The van der Waals surface area contributed by atoms with E-state index in [1.54, 1.807) is 11.3 Å². The van der Waals surface area contributed by atoms with Crippen LogP contribution in [0, 0.1) is 0 Å². The quantitative estimate of drug-likeness (QED) is 0.698. The maximum atomic E-state index is 3.56. The summed E-state index contributed by atoms with van der Waals surface area (Å²) in [5, 5.41) is 3.41. The first kappa shape index (κ1) is 14.7. The molecular formula is C13H15Br2NS2. The monoisotopic (exact) mass is 407 g/mol. The molecule has 0 aromatic carbocycles. The van der Waals surface area contributed by atoms with Crippen molar-refractivity contribution < 1.29 is 0 Å². The van der Waals surface area contributed by atoms with Crippen molar-refractivity contribution in [2.24, 2.45) is 0 Å². The van der Waals surface area contributed by atoms with E-state index in [1.807, 2.05) is 18.4 Å². The summed E-state index contributed by atoms with van der Waals surface area (Å²) in [5.74, 6) is 0. The van der Waals surface area contributed by atoms with E-state index in [2.05, 4.69) is 62.3 Å². The van der Waals surface area contributed by atoms with E-state index in [4.69, 9.17) is 0 Å². The maximum Gasteiger partial charge on any atom is 0.0843 e. The van der Waals surface area contributed by atoms with Crippen LogP contribution in [0.5, 0.6) is 0 Å². The standard InChI is InChI=1S/C13H15Br2NS2/c1-3-8-4-5-9(17-8)6-11(16-2)12-7-10(14)13(15)18-12/h4-5,7,11,16H,3,6H2,1-2H3. The number of nitrogens with one attached hydrogen (secondary N) is 1. The van der Waals surface area contributed by atoms with Crippen molar-refractivity contribution in [2.45, 2.75) is 25.8 Å². The third-order valence-electron chi connectivity index (χ3n) is 2.83. The minimum absolute atomic E-state index is 0.390. The number of aryl methyl sites for hydroxylation is 1. The molecule has 98 valence electrons. The molecule has 0 saturated carbocycles. The summed E-state index contributed by atoms with van der Waals surface area (Å²) >= 11 is 10.8. The highest BCUT2D eigenvalue weighted by molar-refractivity contribution is 9.13. The van der Waals surface area contributed by atoms with Gasteiger partial charge in [0.25, 0.3) is 0 Å². The fourth-order valence-electron chi connectivity index (χ4n) is 1.80. The van der Waals surface area contributed by atoms with Gasteiger partial charge in [-0.25, -0.2) is 0 Å². The first-order valence-corrected chi connectivity index (χ1v) is 9.05. The Morgan fingerprint density at radius 3 is 2.44 bits per heavy atom. The van der Waals surface area contributed by atoms with Crippen LogP contribution in [0.3, 0.4) is 0 Å². The molecule has 0 fully saturated rings. The van der Waals surface area contributed by atoms with Gasteiger partial charge >= 0.3 is 0 Å². The van der Waals surface area contributed by atoms with Gasteiger partial charge in [-0.1, -0.05) is 6.92 Å². The van der Waals surface area contributed by atoms with Crippen molar-refractivity contribution in [1.82, 2.24) is 5.32 Å². The number of rotatable bonds is 5. The molecule has 0 bridgehead atoms. The van der Waals surface area contributed by atoms with Gasteiger partial charge in [-0.2, -0.15) is 0 Å². The molecule has 2 aromatic heterocycles. The Kier molecular flexibility index (Phi) is 5.45. The number of hydrogen-bond acceptors (Lipinski definition) is 3. The molecular weight excluding hydrogens is 394 g/mol. The zero-order chi connectivity index (χ0) is 13.1. The fraction of sp³-hybridized carbons (Fsp3) is 0.385. The van der Waals surface area contributed by atoms with E-state index in [-0.39, 0.29) is 0 Å².